The maximum atomic E-state index is 14.6. The Kier molecular flexibility index (Phi) is 9.99. The van der Waals surface area contributed by atoms with Crippen molar-refractivity contribution in [2.75, 3.05) is 5.75 Å². The molecule has 1 aliphatic rings. The van der Waals surface area contributed by atoms with Crippen LogP contribution in [0.4, 0.5) is 0 Å². The second-order valence-electron chi connectivity index (χ2n) is 12.1. The van der Waals surface area contributed by atoms with Crippen molar-refractivity contribution >= 4 is 44.7 Å². The summed E-state index contributed by atoms with van der Waals surface area (Å²) in [6, 6.07) is 13.9. The Balaban J connectivity index is 2.31. The van der Waals surface area contributed by atoms with Crippen LogP contribution in [-0.2, 0) is 19.4 Å². The van der Waals surface area contributed by atoms with Gasteiger partial charge in [0.25, 0.3) is 0 Å². The van der Waals surface area contributed by atoms with Crippen molar-refractivity contribution in [3.63, 3.8) is 0 Å². The van der Waals surface area contributed by atoms with Crippen LogP contribution in [0.5, 0.6) is 0 Å². The fraction of sp³-hybridized carbons (Fsp3) is 0.548. The summed E-state index contributed by atoms with van der Waals surface area (Å²) in [6.45, 7) is 12.8. The normalized spacial score (nSPS) is 23.1. The standard InChI is InChI=1S/C31H41Cl2NO4S/c1-19(2)27(18-39(37,38)21(5)6)34-29(22-11-13-24(32)14-12-22)26(23-9-8-10-25(33)15-23)16-31(7,30(34)36)17-28(35)20(3)4/h8-15,19-21,26-27,29H,16-18H2,1-7H3/t26-,27-,29-,31-/m1/s1. The molecule has 5 nitrogen and oxygen atoms in total. The summed E-state index contributed by atoms with van der Waals surface area (Å²) in [6.07, 6.45) is 0.516. The smallest absolute Gasteiger partial charge is 0.229 e. The lowest BCUT2D eigenvalue weighted by molar-refractivity contribution is -0.158. The van der Waals surface area contributed by atoms with Gasteiger partial charge in [0.15, 0.2) is 9.84 Å². The highest BCUT2D eigenvalue weighted by atomic mass is 35.5. The molecular weight excluding hydrogens is 553 g/mol. The van der Waals surface area contributed by atoms with Gasteiger partial charge in [0, 0.05) is 34.3 Å². The first-order chi connectivity index (χ1) is 18.1. The molecule has 0 radical (unpaired) electrons. The van der Waals surface area contributed by atoms with E-state index in [0.717, 1.165) is 11.1 Å². The van der Waals surface area contributed by atoms with Gasteiger partial charge in [-0.1, -0.05) is 82.1 Å². The second kappa shape index (κ2) is 12.3. The van der Waals surface area contributed by atoms with E-state index in [0.29, 0.717) is 16.5 Å². The number of nitrogens with zero attached hydrogens (tertiary/aromatic N) is 1. The van der Waals surface area contributed by atoms with E-state index in [1.807, 2.05) is 71.0 Å². The molecule has 2 aromatic rings. The molecule has 1 heterocycles. The molecular formula is C31H41Cl2NO4S. The number of amides is 1. The van der Waals surface area contributed by atoms with E-state index in [9.17, 15) is 18.0 Å². The van der Waals surface area contributed by atoms with Gasteiger partial charge < -0.3 is 4.90 Å². The first kappa shape index (κ1) is 31.6. The summed E-state index contributed by atoms with van der Waals surface area (Å²) < 4.78 is 26.6. The van der Waals surface area contributed by atoms with Crippen LogP contribution in [0.15, 0.2) is 48.5 Å². The van der Waals surface area contributed by atoms with E-state index in [2.05, 4.69) is 0 Å². The van der Waals surface area contributed by atoms with Crippen molar-refractivity contribution in [2.45, 2.75) is 84.6 Å². The summed E-state index contributed by atoms with van der Waals surface area (Å²) in [4.78, 5) is 29.5. The third-order valence-electron chi connectivity index (χ3n) is 8.05. The van der Waals surface area contributed by atoms with Crippen LogP contribution >= 0.6 is 23.2 Å². The number of rotatable bonds is 10. The summed E-state index contributed by atoms with van der Waals surface area (Å²) in [7, 11) is -3.49. The van der Waals surface area contributed by atoms with E-state index in [-0.39, 0.29) is 41.6 Å². The van der Waals surface area contributed by atoms with Crippen LogP contribution in [0.1, 0.15) is 84.4 Å². The number of likely N-dealkylation sites (tertiary alicyclic amines) is 1. The molecule has 0 saturated carbocycles. The van der Waals surface area contributed by atoms with Crippen LogP contribution in [0.3, 0.4) is 0 Å². The molecule has 1 fully saturated rings. The molecule has 1 amide bonds. The summed E-state index contributed by atoms with van der Waals surface area (Å²) in [5, 5.41) is 0.570. The SMILES string of the molecule is CC(C)C(=O)C[C@@]1(C)C[C@H](c2cccc(Cl)c2)[C@@H](c2ccc(Cl)cc2)N([C@H](CS(=O)(=O)C(C)C)C(C)C)C1=O. The van der Waals surface area contributed by atoms with Crippen LogP contribution in [0, 0.1) is 17.3 Å². The van der Waals surface area contributed by atoms with Gasteiger partial charge in [-0.2, -0.15) is 0 Å². The molecule has 3 rings (SSSR count). The van der Waals surface area contributed by atoms with E-state index in [1.165, 1.54) is 0 Å². The first-order valence-corrected chi connectivity index (χ1v) is 16.1. The van der Waals surface area contributed by atoms with Crippen LogP contribution < -0.4 is 0 Å². The minimum absolute atomic E-state index is 0.0106. The van der Waals surface area contributed by atoms with Crippen molar-refractivity contribution in [2.24, 2.45) is 17.3 Å². The Labute approximate surface area is 244 Å². The molecule has 0 aliphatic carbocycles. The van der Waals surface area contributed by atoms with Gasteiger partial charge >= 0.3 is 0 Å². The Hall–Kier alpha value is -1.89. The Bertz CT molecular complexity index is 1290. The van der Waals surface area contributed by atoms with E-state index >= 15 is 0 Å². The third-order valence-corrected chi connectivity index (χ3v) is 10.8. The number of Topliss-reactive ketones (excluding diaryl/α,β-unsaturated/α-hetero) is 1. The molecule has 1 saturated heterocycles. The summed E-state index contributed by atoms with van der Waals surface area (Å²) >= 11 is 12.7. The van der Waals surface area contributed by atoms with E-state index in [4.69, 9.17) is 23.2 Å². The van der Waals surface area contributed by atoms with Gasteiger partial charge in [-0.15, -0.1) is 0 Å². The van der Waals surface area contributed by atoms with Crippen molar-refractivity contribution < 1.29 is 18.0 Å². The summed E-state index contributed by atoms with van der Waals surface area (Å²) in [5.74, 6) is -0.932. The number of halogens is 2. The highest BCUT2D eigenvalue weighted by Crippen LogP contribution is 2.53. The van der Waals surface area contributed by atoms with Crippen LogP contribution in [-0.4, -0.2) is 42.1 Å². The van der Waals surface area contributed by atoms with Crippen molar-refractivity contribution in [1.82, 2.24) is 4.90 Å². The molecule has 39 heavy (non-hydrogen) atoms. The fourth-order valence-corrected chi connectivity index (χ4v) is 7.26. The van der Waals surface area contributed by atoms with Gasteiger partial charge in [-0.3, -0.25) is 9.59 Å². The van der Waals surface area contributed by atoms with Crippen molar-refractivity contribution in [3.05, 3.63) is 69.7 Å². The van der Waals surface area contributed by atoms with E-state index < -0.39 is 32.6 Å². The molecule has 2 aromatic carbocycles. The zero-order valence-electron chi connectivity index (χ0n) is 23.9. The molecule has 214 valence electrons. The highest BCUT2D eigenvalue weighted by molar-refractivity contribution is 7.92. The first-order valence-electron chi connectivity index (χ1n) is 13.7. The number of hydrogen-bond donors (Lipinski definition) is 0. The third kappa shape index (κ3) is 7.07. The zero-order chi connectivity index (χ0) is 29.3. The molecule has 0 unspecified atom stereocenters. The zero-order valence-corrected chi connectivity index (χ0v) is 26.3. The topological polar surface area (TPSA) is 71.5 Å². The number of benzene rings is 2. The Morgan fingerprint density at radius 3 is 2.10 bits per heavy atom. The van der Waals surface area contributed by atoms with Gasteiger partial charge in [0.2, 0.25) is 5.91 Å². The average molecular weight is 595 g/mol. The van der Waals surface area contributed by atoms with E-state index in [1.54, 1.807) is 30.9 Å². The number of piperidine rings is 1. The average Bonchev–Trinajstić information content (AvgIpc) is 2.84. The number of sulfone groups is 1. The lowest BCUT2D eigenvalue weighted by Crippen LogP contribution is -2.59. The number of carbonyl (C=O) groups excluding carboxylic acids is 2. The molecule has 0 spiro atoms. The minimum Gasteiger partial charge on any atom is -0.330 e. The van der Waals surface area contributed by atoms with Crippen LogP contribution in [0.2, 0.25) is 10.0 Å². The molecule has 0 aromatic heterocycles. The Morgan fingerprint density at radius 2 is 1.59 bits per heavy atom. The number of ketones is 1. The highest BCUT2D eigenvalue weighted by Gasteiger charge is 2.53. The lowest BCUT2D eigenvalue weighted by Gasteiger charge is -2.53. The van der Waals surface area contributed by atoms with Gasteiger partial charge in [-0.25, -0.2) is 8.42 Å². The van der Waals surface area contributed by atoms with Gasteiger partial charge in [-0.05, 0) is 61.6 Å². The fourth-order valence-electron chi connectivity index (χ4n) is 5.52. The maximum Gasteiger partial charge on any atom is 0.229 e. The quantitative estimate of drug-likeness (QED) is 0.285. The van der Waals surface area contributed by atoms with Crippen molar-refractivity contribution in [1.29, 1.82) is 0 Å². The predicted molar refractivity (Wildman–Crippen MR) is 160 cm³/mol. The molecule has 0 bridgehead atoms. The second-order valence-corrected chi connectivity index (χ2v) is 15.6. The van der Waals surface area contributed by atoms with Crippen molar-refractivity contribution in [3.8, 4) is 0 Å². The van der Waals surface area contributed by atoms with Gasteiger partial charge in [0.05, 0.1) is 22.5 Å². The molecule has 8 heteroatoms. The molecule has 4 atom stereocenters. The molecule has 0 N–H and O–H groups in total. The monoisotopic (exact) mass is 593 g/mol. The predicted octanol–water partition coefficient (Wildman–Crippen LogP) is 7.52. The maximum absolute atomic E-state index is 14.6. The van der Waals surface area contributed by atoms with Gasteiger partial charge in [0.1, 0.15) is 5.78 Å². The minimum atomic E-state index is -3.49. The molecule has 1 aliphatic heterocycles. The number of hydrogen-bond acceptors (Lipinski definition) is 4. The Morgan fingerprint density at radius 1 is 0.974 bits per heavy atom. The van der Waals surface area contributed by atoms with Crippen LogP contribution in [0.25, 0.3) is 0 Å². The summed E-state index contributed by atoms with van der Waals surface area (Å²) in [5.41, 5.74) is 0.798. The number of carbonyl (C=O) groups is 2. The largest absolute Gasteiger partial charge is 0.330 e. The lowest BCUT2D eigenvalue weighted by atomic mass is 9.65.